The zero-order chi connectivity index (χ0) is 11.0. The van der Waals surface area contributed by atoms with Crippen LogP contribution in [-0.2, 0) is 5.54 Å². The van der Waals surface area contributed by atoms with Crippen LogP contribution in [0.4, 0.5) is 0 Å². The summed E-state index contributed by atoms with van der Waals surface area (Å²) in [5.74, 6) is 1.40. The summed E-state index contributed by atoms with van der Waals surface area (Å²) in [5.41, 5.74) is 5.75. The van der Waals surface area contributed by atoms with Gasteiger partial charge in [0.2, 0.25) is 11.7 Å². The van der Waals surface area contributed by atoms with E-state index in [4.69, 9.17) is 10.3 Å². The lowest BCUT2D eigenvalue weighted by Gasteiger charge is -2.16. The molecule has 1 aliphatic carbocycles. The monoisotopic (exact) mass is 220 g/mol. The van der Waals surface area contributed by atoms with E-state index in [-0.39, 0.29) is 0 Å². The molecule has 2 heterocycles. The Bertz CT molecular complexity index is 470. The average Bonchev–Trinajstić information content (AvgIpc) is 2.98. The van der Waals surface area contributed by atoms with Gasteiger partial charge in [0.05, 0.1) is 5.54 Å². The van der Waals surface area contributed by atoms with Gasteiger partial charge in [-0.1, -0.05) is 18.0 Å². The van der Waals surface area contributed by atoms with Gasteiger partial charge < -0.3 is 10.3 Å². The minimum Gasteiger partial charge on any atom is -0.337 e. The van der Waals surface area contributed by atoms with Crippen LogP contribution >= 0.6 is 0 Å². The molecule has 0 aromatic carbocycles. The maximum atomic E-state index is 6.20. The Morgan fingerprint density at radius 2 is 2.19 bits per heavy atom. The Morgan fingerprint density at radius 1 is 1.38 bits per heavy atom. The van der Waals surface area contributed by atoms with Crippen LogP contribution in [0, 0.1) is 0 Å². The molecule has 0 aliphatic heterocycles. The van der Waals surface area contributed by atoms with Gasteiger partial charge in [-0.2, -0.15) is 10.1 Å². The summed E-state index contributed by atoms with van der Waals surface area (Å²) in [6.07, 6.45) is 5.41. The molecule has 0 radical (unpaired) electrons. The minimum atomic E-state index is -0.453. The maximum Gasteiger partial charge on any atom is 0.247 e. The fourth-order valence-corrected chi connectivity index (χ4v) is 2.05. The van der Waals surface area contributed by atoms with E-state index in [0.29, 0.717) is 17.5 Å². The number of hydrogen-bond donors (Lipinski definition) is 2. The summed E-state index contributed by atoms with van der Waals surface area (Å²) in [6.45, 7) is 0. The zero-order valence-corrected chi connectivity index (χ0v) is 8.68. The van der Waals surface area contributed by atoms with Crippen molar-refractivity contribution in [3.63, 3.8) is 0 Å². The topological polar surface area (TPSA) is 107 Å². The summed E-state index contributed by atoms with van der Waals surface area (Å²) in [5, 5.41) is 10.3. The fraction of sp³-hybridized carbons (Fsp3) is 0.556. The second-order valence-corrected chi connectivity index (χ2v) is 4.12. The molecular weight excluding hydrogens is 208 g/mol. The molecule has 0 amide bonds. The number of hydrogen-bond acceptors (Lipinski definition) is 6. The van der Waals surface area contributed by atoms with E-state index in [1.165, 1.54) is 6.33 Å². The van der Waals surface area contributed by atoms with E-state index in [0.717, 1.165) is 25.7 Å². The van der Waals surface area contributed by atoms with E-state index in [1.54, 1.807) is 0 Å². The molecular formula is C9H12N6O. The second kappa shape index (κ2) is 3.38. The molecule has 2 aromatic heterocycles. The van der Waals surface area contributed by atoms with E-state index < -0.39 is 5.54 Å². The highest BCUT2D eigenvalue weighted by molar-refractivity contribution is 5.40. The van der Waals surface area contributed by atoms with Crippen LogP contribution in [0.3, 0.4) is 0 Å². The molecule has 3 rings (SSSR count). The van der Waals surface area contributed by atoms with Crippen molar-refractivity contribution in [2.45, 2.75) is 31.2 Å². The number of H-pyrrole nitrogens is 1. The van der Waals surface area contributed by atoms with Gasteiger partial charge >= 0.3 is 0 Å². The summed E-state index contributed by atoms with van der Waals surface area (Å²) in [4.78, 5) is 8.23. The molecule has 1 saturated carbocycles. The van der Waals surface area contributed by atoms with Crippen molar-refractivity contribution >= 4 is 0 Å². The first-order valence-electron chi connectivity index (χ1n) is 5.27. The average molecular weight is 220 g/mol. The van der Waals surface area contributed by atoms with E-state index >= 15 is 0 Å². The minimum absolute atomic E-state index is 0.407. The number of rotatable bonds is 2. The second-order valence-electron chi connectivity index (χ2n) is 4.12. The molecule has 0 bridgehead atoms. The molecule has 16 heavy (non-hydrogen) atoms. The molecule has 3 N–H and O–H groups in total. The Morgan fingerprint density at radius 3 is 2.88 bits per heavy atom. The van der Waals surface area contributed by atoms with Crippen molar-refractivity contribution in [1.82, 2.24) is 25.3 Å². The van der Waals surface area contributed by atoms with Crippen molar-refractivity contribution in [2.75, 3.05) is 0 Å². The van der Waals surface area contributed by atoms with Crippen LogP contribution in [0.25, 0.3) is 11.6 Å². The largest absolute Gasteiger partial charge is 0.337 e. The normalized spacial score (nSPS) is 19.1. The lowest BCUT2D eigenvalue weighted by Crippen LogP contribution is -2.33. The van der Waals surface area contributed by atoms with Crippen LogP contribution in [0.1, 0.15) is 31.6 Å². The molecule has 7 heteroatoms. The van der Waals surface area contributed by atoms with Gasteiger partial charge in [0, 0.05) is 0 Å². The summed E-state index contributed by atoms with van der Waals surface area (Å²) >= 11 is 0. The molecule has 1 fully saturated rings. The van der Waals surface area contributed by atoms with Crippen LogP contribution in [-0.4, -0.2) is 25.3 Å². The highest BCUT2D eigenvalue weighted by Gasteiger charge is 2.37. The molecule has 0 saturated heterocycles. The number of nitrogens with two attached hydrogens (primary N) is 1. The number of nitrogens with zero attached hydrogens (tertiary/aromatic N) is 4. The number of nitrogens with one attached hydrogen (secondary N) is 1. The van der Waals surface area contributed by atoms with Crippen molar-refractivity contribution < 1.29 is 4.52 Å². The number of aromatic amines is 1. The first kappa shape index (κ1) is 9.46. The van der Waals surface area contributed by atoms with Crippen LogP contribution in [0.15, 0.2) is 10.9 Å². The Balaban J connectivity index is 1.93. The summed E-state index contributed by atoms with van der Waals surface area (Å²) in [6, 6.07) is 0. The smallest absolute Gasteiger partial charge is 0.247 e. The van der Waals surface area contributed by atoms with Gasteiger partial charge in [0.25, 0.3) is 0 Å². The highest BCUT2D eigenvalue weighted by Crippen LogP contribution is 2.35. The van der Waals surface area contributed by atoms with Crippen LogP contribution in [0.2, 0.25) is 0 Å². The first-order chi connectivity index (χ1) is 7.78. The summed E-state index contributed by atoms with van der Waals surface area (Å²) < 4.78 is 5.20. The first-order valence-corrected chi connectivity index (χ1v) is 5.27. The third-order valence-corrected chi connectivity index (χ3v) is 2.97. The number of aromatic nitrogens is 5. The van der Waals surface area contributed by atoms with Gasteiger partial charge in [-0.15, -0.1) is 0 Å². The van der Waals surface area contributed by atoms with Crippen LogP contribution < -0.4 is 5.73 Å². The lowest BCUT2D eigenvalue weighted by molar-refractivity contribution is 0.285. The third-order valence-electron chi connectivity index (χ3n) is 2.97. The van der Waals surface area contributed by atoms with Crippen molar-refractivity contribution in [2.24, 2.45) is 5.73 Å². The quantitative estimate of drug-likeness (QED) is 0.766. The molecule has 1 aliphatic rings. The van der Waals surface area contributed by atoms with Gasteiger partial charge in [-0.25, -0.2) is 4.98 Å². The maximum absolute atomic E-state index is 6.20. The van der Waals surface area contributed by atoms with Crippen LogP contribution in [0.5, 0.6) is 0 Å². The highest BCUT2D eigenvalue weighted by atomic mass is 16.5. The zero-order valence-electron chi connectivity index (χ0n) is 8.68. The predicted octanol–water partition coefficient (Wildman–Crippen LogP) is 0.583. The molecule has 0 unspecified atom stereocenters. The standard InChI is InChI=1S/C9H12N6O/c10-9(3-1-2-4-9)8-13-7(15-16-8)6-11-5-12-14-6/h5H,1-4,10H2,(H,11,12,14). The SMILES string of the molecule is NC1(c2nc(-c3ncn[nH]3)no2)CCCC1. The van der Waals surface area contributed by atoms with Gasteiger partial charge in [-0.3, -0.25) is 5.10 Å². The molecule has 0 spiro atoms. The molecule has 0 atom stereocenters. The van der Waals surface area contributed by atoms with E-state index in [9.17, 15) is 0 Å². The van der Waals surface area contributed by atoms with Crippen molar-refractivity contribution in [3.05, 3.63) is 12.2 Å². The Kier molecular flexibility index (Phi) is 2.00. The third kappa shape index (κ3) is 1.40. The molecule has 7 nitrogen and oxygen atoms in total. The Hall–Kier alpha value is -1.76. The predicted molar refractivity (Wildman–Crippen MR) is 54.0 cm³/mol. The fourth-order valence-electron chi connectivity index (χ4n) is 2.05. The summed E-state index contributed by atoms with van der Waals surface area (Å²) in [7, 11) is 0. The molecule has 2 aromatic rings. The van der Waals surface area contributed by atoms with Crippen molar-refractivity contribution in [1.29, 1.82) is 0 Å². The van der Waals surface area contributed by atoms with Gasteiger partial charge in [-0.05, 0) is 12.8 Å². The van der Waals surface area contributed by atoms with Crippen molar-refractivity contribution in [3.8, 4) is 11.6 Å². The lowest BCUT2D eigenvalue weighted by atomic mass is 9.99. The van der Waals surface area contributed by atoms with Gasteiger partial charge in [0.1, 0.15) is 6.33 Å². The van der Waals surface area contributed by atoms with Gasteiger partial charge in [0.15, 0.2) is 5.82 Å². The van der Waals surface area contributed by atoms with E-state index in [1.807, 2.05) is 0 Å². The Labute approximate surface area is 91.4 Å². The van der Waals surface area contributed by atoms with E-state index in [2.05, 4.69) is 25.3 Å². The molecule has 84 valence electrons.